The van der Waals surface area contributed by atoms with Gasteiger partial charge >= 0.3 is 0 Å². The van der Waals surface area contributed by atoms with Crippen LogP contribution in [0.15, 0.2) is 4.99 Å². The zero-order valence-corrected chi connectivity index (χ0v) is 11.0. The van der Waals surface area contributed by atoms with Crippen molar-refractivity contribution in [3.8, 4) is 0 Å². The van der Waals surface area contributed by atoms with E-state index in [4.69, 9.17) is 21.6 Å². The molecule has 0 aromatic carbocycles. The van der Waals surface area contributed by atoms with Gasteiger partial charge in [-0.3, -0.25) is 5.41 Å². The zero-order valence-electron chi connectivity index (χ0n) is 10.2. The van der Waals surface area contributed by atoms with Crippen LogP contribution in [0.4, 0.5) is 0 Å². The van der Waals surface area contributed by atoms with Crippen molar-refractivity contribution in [1.82, 2.24) is 0 Å². The molecule has 1 rings (SSSR count). The second-order valence-corrected chi connectivity index (χ2v) is 6.31. The molecule has 1 heterocycles. The van der Waals surface area contributed by atoms with Gasteiger partial charge in [-0.2, -0.15) is 4.99 Å². The molecular formula is C10H20N4OS. The van der Waals surface area contributed by atoms with Crippen molar-refractivity contribution >= 4 is 22.9 Å². The molecule has 0 spiro atoms. The molecule has 0 bridgehead atoms. The number of hydrogen-bond acceptors (Lipinski definition) is 3. The Morgan fingerprint density at radius 1 is 1.38 bits per heavy atom. The molecule has 5 nitrogen and oxygen atoms in total. The number of rotatable bonds is 1. The van der Waals surface area contributed by atoms with Crippen LogP contribution in [0.25, 0.3) is 0 Å². The van der Waals surface area contributed by atoms with Crippen molar-refractivity contribution in [2.24, 2.45) is 16.5 Å². The van der Waals surface area contributed by atoms with Gasteiger partial charge in [-0.05, 0) is 34.1 Å². The van der Waals surface area contributed by atoms with Gasteiger partial charge in [0.25, 0.3) is 0 Å². The van der Waals surface area contributed by atoms with Crippen LogP contribution in [0.5, 0.6) is 0 Å². The summed E-state index contributed by atoms with van der Waals surface area (Å²) in [5, 5.41) is 7.98. The molecule has 1 saturated heterocycles. The van der Waals surface area contributed by atoms with E-state index >= 15 is 0 Å². The molecular weight excluding hydrogens is 224 g/mol. The topological polar surface area (TPSA) is 97.5 Å². The molecule has 0 radical (unpaired) electrons. The third-order valence-corrected chi connectivity index (χ3v) is 3.81. The lowest BCUT2D eigenvalue weighted by molar-refractivity contribution is -0.0631. The number of aliphatic imine (C=N–C) groups is 1. The van der Waals surface area contributed by atoms with Crippen LogP contribution in [-0.2, 0) is 4.74 Å². The first-order valence-corrected chi connectivity index (χ1v) is 6.05. The fraction of sp³-hybridized carbons (Fsp3) is 0.800. The Hall–Kier alpha value is -0.750. The van der Waals surface area contributed by atoms with Gasteiger partial charge in [-0.1, -0.05) is 11.8 Å². The Kier molecular flexibility index (Phi) is 3.54. The van der Waals surface area contributed by atoms with Gasteiger partial charge < -0.3 is 16.2 Å². The normalized spacial score (nSPS) is 26.4. The van der Waals surface area contributed by atoms with Crippen molar-refractivity contribution in [2.75, 3.05) is 0 Å². The lowest BCUT2D eigenvalue weighted by atomic mass is 10.0. The number of thioether (sulfide) groups is 1. The molecule has 1 fully saturated rings. The summed E-state index contributed by atoms with van der Waals surface area (Å²) in [6.45, 7) is 8.17. The zero-order chi connectivity index (χ0) is 12.6. The van der Waals surface area contributed by atoms with Crippen LogP contribution in [0.1, 0.15) is 34.1 Å². The molecule has 1 aliphatic rings. The van der Waals surface area contributed by atoms with E-state index in [1.807, 2.05) is 13.8 Å². The van der Waals surface area contributed by atoms with Crippen molar-refractivity contribution in [3.05, 3.63) is 0 Å². The summed E-state index contributed by atoms with van der Waals surface area (Å²) in [6, 6.07) is 0. The number of nitrogens with two attached hydrogens (primary N) is 2. The van der Waals surface area contributed by atoms with Crippen LogP contribution in [0, 0.1) is 5.41 Å². The van der Waals surface area contributed by atoms with Gasteiger partial charge in [0, 0.05) is 5.25 Å². The standard InChI is InChI=1S/C10H20N4OS/c1-9(2)5-6(10(3,4)15-9)16-8(13)14-7(11)12/h6H,5H2,1-4H3,(H5,11,12,13,14). The highest BCUT2D eigenvalue weighted by Gasteiger charge is 2.46. The van der Waals surface area contributed by atoms with Crippen LogP contribution >= 0.6 is 11.8 Å². The van der Waals surface area contributed by atoms with E-state index in [1.54, 1.807) is 0 Å². The van der Waals surface area contributed by atoms with E-state index in [2.05, 4.69) is 18.8 Å². The van der Waals surface area contributed by atoms with Crippen LogP contribution in [0.3, 0.4) is 0 Å². The maximum absolute atomic E-state index is 7.65. The summed E-state index contributed by atoms with van der Waals surface area (Å²) in [6.07, 6.45) is 0.882. The average Bonchev–Trinajstić information content (AvgIpc) is 2.16. The highest BCUT2D eigenvalue weighted by Crippen LogP contribution is 2.43. The first-order chi connectivity index (χ1) is 7.12. The quantitative estimate of drug-likeness (QED) is 0.478. The Morgan fingerprint density at radius 2 is 1.94 bits per heavy atom. The maximum atomic E-state index is 7.65. The SMILES string of the molecule is CC1(C)CC(SC(=N)N=C(N)N)C(C)(C)O1. The first kappa shape index (κ1) is 13.3. The highest BCUT2D eigenvalue weighted by atomic mass is 32.2. The Balaban J connectivity index is 2.69. The second-order valence-electron chi connectivity index (χ2n) is 5.12. The number of hydrogen-bond donors (Lipinski definition) is 3. The van der Waals surface area contributed by atoms with E-state index < -0.39 is 0 Å². The summed E-state index contributed by atoms with van der Waals surface area (Å²) in [5.74, 6) is -0.0755. The van der Waals surface area contributed by atoms with E-state index in [0.29, 0.717) is 0 Å². The molecule has 0 saturated carbocycles. The Morgan fingerprint density at radius 3 is 2.31 bits per heavy atom. The lowest BCUT2D eigenvalue weighted by Gasteiger charge is -2.26. The van der Waals surface area contributed by atoms with E-state index in [-0.39, 0.29) is 27.6 Å². The summed E-state index contributed by atoms with van der Waals surface area (Å²) in [7, 11) is 0. The maximum Gasteiger partial charge on any atom is 0.193 e. The largest absolute Gasteiger partial charge is 0.370 e. The van der Waals surface area contributed by atoms with E-state index in [0.717, 1.165) is 6.42 Å². The molecule has 0 aromatic rings. The van der Waals surface area contributed by atoms with Gasteiger partial charge in [-0.15, -0.1) is 0 Å². The Bertz CT molecular complexity index is 321. The molecule has 1 aliphatic heterocycles. The molecule has 6 heteroatoms. The van der Waals surface area contributed by atoms with Gasteiger partial charge in [0.15, 0.2) is 11.1 Å². The van der Waals surface area contributed by atoms with Gasteiger partial charge in [0.05, 0.1) is 11.2 Å². The van der Waals surface area contributed by atoms with E-state index in [1.165, 1.54) is 11.8 Å². The third kappa shape index (κ3) is 3.38. The van der Waals surface area contributed by atoms with Crippen molar-refractivity contribution in [3.63, 3.8) is 0 Å². The number of amidine groups is 1. The van der Waals surface area contributed by atoms with E-state index in [9.17, 15) is 0 Å². The van der Waals surface area contributed by atoms with Crippen molar-refractivity contribution in [1.29, 1.82) is 5.41 Å². The van der Waals surface area contributed by atoms with Crippen LogP contribution < -0.4 is 11.5 Å². The summed E-state index contributed by atoms with van der Waals surface area (Å²) >= 11 is 1.36. The average molecular weight is 244 g/mol. The molecule has 1 atom stereocenters. The minimum atomic E-state index is -0.265. The fourth-order valence-corrected chi connectivity index (χ4v) is 3.22. The highest BCUT2D eigenvalue weighted by molar-refractivity contribution is 8.14. The van der Waals surface area contributed by atoms with Gasteiger partial charge in [0.1, 0.15) is 0 Å². The fourth-order valence-electron chi connectivity index (χ4n) is 1.97. The number of guanidine groups is 1. The van der Waals surface area contributed by atoms with Crippen LogP contribution in [0.2, 0.25) is 0 Å². The molecule has 92 valence electrons. The minimum Gasteiger partial charge on any atom is -0.370 e. The molecule has 0 aliphatic carbocycles. The number of ether oxygens (including phenoxy) is 1. The molecule has 1 unspecified atom stereocenters. The minimum absolute atomic E-state index is 0.0755. The summed E-state index contributed by atoms with van der Waals surface area (Å²) in [4.78, 5) is 3.72. The predicted octanol–water partition coefficient (Wildman–Crippen LogP) is 1.27. The molecule has 5 N–H and O–H groups in total. The monoisotopic (exact) mass is 244 g/mol. The molecule has 0 aromatic heterocycles. The Labute approximate surface area is 101 Å². The molecule has 16 heavy (non-hydrogen) atoms. The molecule has 0 amide bonds. The third-order valence-electron chi connectivity index (χ3n) is 2.48. The van der Waals surface area contributed by atoms with Crippen molar-refractivity contribution in [2.45, 2.75) is 50.6 Å². The second kappa shape index (κ2) is 4.25. The van der Waals surface area contributed by atoms with Crippen LogP contribution in [-0.4, -0.2) is 27.6 Å². The number of nitrogens with one attached hydrogen (secondary N) is 1. The van der Waals surface area contributed by atoms with Gasteiger partial charge in [-0.25, -0.2) is 0 Å². The summed E-state index contributed by atoms with van der Waals surface area (Å²) < 4.78 is 5.93. The number of nitrogens with zero attached hydrogens (tertiary/aromatic N) is 1. The van der Waals surface area contributed by atoms with Crippen molar-refractivity contribution < 1.29 is 4.74 Å². The smallest absolute Gasteiger partial charge is 0.193 e. The first-order valence-electron chi connectivity index (χ1n) is 5.17. The summed E-state index contributed by atoms with van der Waals surface area (Å²) in [5.41, 5.74) is 10.0. The predicted molar refractivity (Wildman–Crippen MR) is 68.8 cm³/mol. The lowest BCUT2D eigenvalue weighted by Crippen LogP contribution is -2.32. The van der Waals surface area contributed by atoms with Gasteiger partial charge in [0.2, 0.25) is 0 Å².